The highest BCUT2D eigenvalue weighted by molar-refractivity contribution is 5.70. The number of hydrogen-bond donors (Lipinski definition) is 0. The molecule has 0 unspecified atom stereocenters. The molecule has 2 rings (SSSR count). The molecule has 2 aliphatic rings. The summed E-state index contributed by atoms with van der Waals surface area (Å²) in [4.78, 5) is 4.59. The Morgan fingerprint density at radius 1 is 1.23 bits per heavy atom. The smallest absolute Gasteiger partial charge is 0.0431 e. The fourth-order valence-corrected chi connectivity index (χ4v) is 1.84. The molecule has 1 heteroatoms. The molecule has 1 heterocycles. The van der Waals surface area contributed by atoms with Gasteiger partial charge in [-0.2, -0.15) is 0 Å². The van der Waals surface area contributed by atoms with Crippen LogP contribution in [0.1, 0.15) is 39.5 Å². The Morgan fingerprint density at radius 2 is 2.00 bits per heavy atom. The van der Waals surface area contributed by atoms with Crippen LogP contribution in [0, 0.1) is 5.41 Å². The van der Waals surface area contributed by atoms with Gasteiger partial charge in [0, 0.05) is 17.3 Å². The van der Waals surface area contributed by atoms with Crippen molar-refractivity contribution >= 4 is 6.21 Å². The summed E-state index contributed by atoms with van der Waals surface area (Å²) in [5.41, 5.74) is 2.93. The molecule has 0 bridgehead atoms. The fourth-order valence-electron chi connectivity index (χ4n) is 1.84. The number of rotatable bonds is 0. The fraction of sp³-hybridized carbons (Fsp3) is 0.583. The van der Waals surface area contributed by atoms with Gasteiger partial charge in [-0.3, -0.25) is 4.99 Å². The standard InChI is InChI=1S/C12H17N/c1-12(2)8-7-10-5-3-4-6-11(10)13-9-12/h7-9H,3-6H2,1-2H3. The molecule has 0 saturated carbocycles. The van der Waals surface area contributed by atoms with E-state index >= 15 is 0 Å². The zero-order valence-corrected chi connectivity index (χ0v) is 8.51. The van der Waals surface area contributed by atoms with Crippen LogP contribution in [0.3, 0.4) is 0 Å². The predicted molar refractivity (Wildman–Crippen MR) is 56.9 cm³/mol. The van der Waals surface area contributed by atoms with E-state index in [1.807, 2.05) is 0 Å². The zero-order valence-electron chi connectivity index (χ0n) is 8.51. The van der Waals surface area contributed by atoms with Crippen LogP contribution in [-0.2, 0) is 0 Å². The predicted octanol–water partition coefficient (Wildman–Crippen LogP) is 3.48. The minimum Gasteiger partial charge on any atom is -0.264 e. The topological polar surface area (TPSA) is 12.4 Å². The van der Waals surface area contributed by atoms with Crippen molar-refractivity contribution in [2.45, 2.75) is 39.5 Å². The van der Waals surface area contributed by atoms with E-state index in [-0.39, 0.29) is 5.41 Å². The van der Waals surface area contributed by atoms with Crippen LogP contribution in [-0.4, -0.2) is 6.21 Å². The van der Waals surface area contributed by atoms with Crippen LogP contribution in [0.25, 0.3) is 0 Å². The first-order valence-electron chi connectivity index (χ1n) is 5.14. The molecule has 13 heavy (non-hydrogen) atoms. The molecule has 70 valence electrons. The molecule has 0 aromatic rings. The molecule has 0 aromatic heterocycles. The van der Waals surface area contributed by atoms with E-state index in [1.54, 1.807) is 0 Å². The third-order valence-corrected chi connectivity index (χ3v) is 2.75. The van der Waals surface area contributed by atoms with Crippen molar-refractivity contribution in [3.05, 3.63) is 23.4 Å². The Morgan fingerprint density at radius 3 is 2.85 bits per heavy atom. The van der Waals surface area contributed by atoms with Gasteiger partial charge in [-0.15, -0.1) is 0 Å². The summed E-state index contributed by atoms with van der Waals surface area (Å²) in [6.07, 6.45) is 11.7. The summed E-state index contributed by atoms with van der Waals surface area (Å²) in [5, 5.41) is 0. The van der Waals surface area contributed by atoms with Crippen molar-refractivity contribution in [1.82, 2.24) is 0 Å². The summed E-state index contributed by atoms with van der Waals surface area (Å²) >= 11 is 0. The molecule has 0 fully saturated rings. The Kier molecular flexibility index (Phi) is 2.10. The van der Waals surface area contributed by atoms with Gasteiger partial charge in [0.05, 0.1) is 0 Å². The average molecular weight is 175 g/mol. The first kappa shape index (κ1) is 8.74. The summed E-state index contributed by atoms with van der Waals surface area (Å²) < 4.78 is 0. The SMILES string of the molecule is CC1(C)C=CC2=C(CCCC2)N=C1. The van der Waals surface area contributed by atoms with Gasteiger partial charge >= 0.3 is 0 Å². The molecule has 0 radical (unpaired) electrons. The maximum absolute atomic E-state index is 4.59. The summed E-state index contributed by atoms with van der Waals surface area (Å²) in [6, 6.07) is 0. The van der Waals surface area contributed by atoms with Crippen molar-refractivity contribution in [2.24, 2.45) is 10.4 Å². The first-order chi connectivity index (χ1) is 6.17. The lowest BCUT2D eigenvalue weighted by Crippen LogP contribution is -2.07. The molecular weight excluding hydrogens is 158 g/mol. The van der Waals surface area contributed by atoms with Gasteiger partial charge in [-0.1, -0.05) is 26.0 Å². The van der Waals surface area contributed by atoms with E-state index in [1.165, 1.54) is 37.0 Å². The van der Waals surface area contributed by atoms with Crippen LogP contribution < -0.4 is 0 Å². The minimum absolute atomic E-state index is 0.136. The third kappa shape index (κ3) is 1.90. The highest BCUT2D eigenvalue weighted by atomic mass is 14.8. The number of nitrogens with zero attached hydrogens (tertiary/aromatic N) is 1. The highest BCUT2D eigenvalue weighted by Gasteiger charge is 2.17. The van der Waals surface area contributed by atoms with Crippen LogP contribution in [0.4, 0.5) is 0 Å². The second-order valence-electron chi connectivity index (χ2n) is 4.59. The Bertz CT molecular complexity index is 264. The summed E-state index contributed by atoms with van der Waals surface area (Å²) in [5.74, 6) is 0. The second kappa shape index (κ2) is 3.13. The van der Waals surface area contributed by atoms with E-state index < -0.39 is 0 Å². The lowest BCUT2D eigenvalue weighted by atomic mass is 9.92. The van der Waals surface area contributed by atoms with Crippen molar-refractivity contribution in [3.63, 3.8) is 0 Å². The highest BCUT2D eigenvalue weighted by Crippen LogP contribution is 2.30. The lowest BCUT2D eigenvalue weighted by Gasteiger charge is -2.13. The van der Waals surface area contributed by atoms with E-state index in [2.05, 4.69) is 37.2 Å². The quantitative estimate of drug-likeness (QED) is 0.534. The van der Waals surface area contributed by atoms with Gasteiger partial charge in [0.2, 0.25) is 0 Å². The van der Waals surface area contributed by atoms with Gasteiger partial charge in [0.1, 0.15) is 0 Å². The Balaban J connectivity index is 2.32. The number of aliphatic imine (C=N–C) groups is 1. The van der Waals surface area contributed by atoms with E-state index in [0.29, 0.717) is 0 Å². The van der Waals surface area contributed by atoms with Crippen molar-refractivity contribution in [1.29, 1.82) is 0 Å². The van der Waals surface area contributed by atoms with E-state index in [0.717, 1.165) is 0 Å². The van der Waals surface area contributed by atoms with Crippen LogP contribution in [0.15, 0.2) is 28.4 Å². The van der Waals surface area contributed by atoms with Gasteiger partial charge < -0.3 is 0 Å². The molecule has 0 atom stereocenters. The van der Waals surface area contributed by atoms with Crippen LogP contribution in [0.2, 0.25) is 0 Å². The largest absolute Gasteiger partial charge is 0.264 e. The molecule has 0 saturated heterocycles. The van der Waals surface area contributed by atoms with Crippen molar-refractivity contribution in [3.8, 4) is 0 Å². The van der Waals surface area contributed by atoms with Gasteiger partial charge in [0.15, 0.2) is 0 Å². The molecule has 1 aliphatic carbocycles. The van der Waals surface area contributed by atoms with E-state index in [4.69, 9.17) is 0 Å². The van der Waals surface area contributed by atoms with Crippen molar-refractivity contribution < 1.29 is 0 Å². The minimum atomic E-state index is 0.136. The molecule has 0 N–H and O–H groups in total. The summed E-state index contributed by atoms with van der Waals surface area (Å²) in [6.45, 7) is 4.40. The first-order valence-corrected chi connectivity index (χ1v) is 5.14. The number of hydrogen-bond acceptors (Lipinski definition) is 1. The molecule has 0 aromatic carbocycles. The van der Waals surface area contributed by atoms with Gasteiger partial charge in [0.25, 0.3) is 0 Å². The monoisotopic (exact) mass is 175 g/mol. The lowest BCUT2D eigenvalue weighted by molar-refractivity contribution is 0.678. The van der Waals surface area contributed by atoms with Crippen molar-refractivity contribution in [2.75, 3.05) is 0 Å². The summed E-state index contributed by atoms with van der Waals surface area (Å²) in [7, 11) is 0. The normalized spacial score (nSPS) is 25.7. The maximum Gasteiger partial charge on any atom is 0.0431 e. The molecule has 0 spiro atoms. The van der Waals surface area contributed by atoms with Crippen LogP contribution in [0.5, 0.6) is 0 Å². The van der Waals surface area contributed by atoms with Gasteiger partial charge in [-0.05, 0) is 31.3 Å². The Labute approximate surface area is 80.3 Å². The number of allylic oxidation sites excluding steroid dienone is 4. The third-order valence-electron chi connectivity index (χ3n) is 2.75. The molecular formula is C12H17N. The maximum atomic E-state index is 4.59. The van der Waals surface area contributed by atoms with Crippen LogP contribution >= 0.6 is 0 Å². The van der Waals surface area contributed by atoms with E-state index in [9.17, 15) is 0 Å². The molecule has 1 aliphatic heterocycles. The second-order valence-corrected chi connectivity index (χ2v) is 4.59. The Hall–Kier alpha value is -0.850. The molecule has 0 amide bonds. The average Bonchev–Trinajstić information content (AvgIpc) is 2.27. The van der Waals surface area contributed by atoms with Gasteiger partial charge in [-0.25, -0.2) is 0 Å². The molecule has 1 nitrogen and oxygen atoms in total. The zero-order chi connectivity index (χ0) is 9.31.